The van der Waals surface area contributed by atoms with Gasteiger partial charge in [0.15, 0.2) is 5.65 Å². The summed E-state index contributed by atoms with van der Waals surface area (Å²) < 4.78 is 2.87. The van der Waals surface area contributed by atoms with Gasteiger partial charge in [-0.05, 0) is 19.3 Å². The van der Waals surface area contributed by atoms with Gasteiger partial charge in [-0.3, -0.25) is 18.8 Å². The number of hydrogen-bond acceptors (Lipinski definition) is 6. The van der Waals surface area contributed by atoms with Crippen LogP contribution < -0.4 is 10.9 Å². The molecular weight excluding hydrogens is 400 g/mol. The first kappa shape index (κ1) is 18.7. The smallest absolute Gasteiger partial charge is 0.264 e. The van der Waals surface area contributed by atoms with Crippen molar-refractivity contribution in [2.45, 2.75) is 31.8 Å². The first-order valence-corrected chi connectivity index (χ1v) is 10.6. The number of carbonyl (C=O) groups excluding carboxylic acids is 1. The molecule has 0 radical (unpaired) electrons. The predicted octanol–water partition coefficient (Wildman–Crippen LogP) is 2.45. The molecule has 4 aromatic rings. The molecule has 0 saturated carbocycles. The molecular formula is C21H20N6O2S. The zero-order valence-electron chi connectivity index (χ0n) is 16.4. The Bertz CT molecular complexity index is 1290. The molecule has 1 aliphatic carbocycles. The van der Waals surface area contributed by atoms with Crippen molar-refractivity contribution >= 4 is 28.3 Å². The summed E-state index contributed by atoms with van der Waals surface area (Å²) in [6.07, 6.45) is 5.64. The third kappa shape index (κ3) is 3.30. The quantitative estimate of drug-likeness (QED) is 0.547. The molecule has 9 heteroatoms. The average Bonchev–Trinajstić information content (AvgIpc) is 3.36. The van der Waals surface area contributed by atoms with Crippen LogP contribution >= 0.6 is 11.3 Å². The van der Waals surface area contributed by atoms with Crippen molar-refractivity contribution in [3.05, 3.63) is 63.8 Å². The molecule has 1 aliphatic rings. The van der Waals surface area contributed by atoms with Crippen LogP contribution in [0.4, 0.5) is 0 Å². The van der Waals surface area contributed by atoms with Crippen molar-refractivity contribution in [1.82, 2.24) is 29.6 Å². The van der Waals surface area contributed by atoms with Gasteiger partial charge in [-0.15, -0.1) is 11.3 Å². The highest BCUT2D eigenvalue weighted by atomic mass is 32.1. The molecule has 0 saturated heterocycles. The number of carbonyl (C=O) groups is 1. The van der Waals surface area contributed by atoms with E-state index in [0.717, 1.165) is 40.4 Å². The Balaban J connectivity index is 1.36. The number of nitrogens with one attached hydrogen (secondary N) is 1. The van der Waals surface area contributed by atoms with E-state index in [9.17, 15) is 9.59 Å². The Morgan fingerprint density at radius 2 is 2.13 bits per heavy atom. The van der Waals surface area contributed by atoms with Crippen LogP contribution in [0.5, 0.6) is 0 Å². The number of rotatable bonds is 4. The second-order valence-electron chi connectivity index (χ2n) is 7.39. The Morgan fingerprint density at radius 1 is 1.30 bits per heavy atom. The molecule has 0 spiro atoms. The highest BCUT2D eigenvalue weighted by Crippen LogP contribution is 2.37. The van der Waals surface area contributed by atoms with Crippen molar-refractivity contribution in [2.24, 2.45) is 7.05 Å². The van der Waals surface area contributed by atoms with E-state index >= 15 is 0 Å². The van der Waals surface area contributed by atoms with Crippen LogP contribution in [-0.2, 0) is 24.8 Å². The minimum absolute atomic E-state index is 0.0765. The summed E-state index contributed by atoms with van der Waals surface area (Å²) in [6, 6.07) is 10.00. The van der Waals surface area contributed by atoms with Gasteiger partial charge in [0.1, 0.15) is 23.3 Å². The molecule has 0 unspecified atom stereocenters. The number of aryl methyl sites for hydroxylation is 2. The van der Waals surface area contributed by atoms with Gasteiger partial charge in [-0.2, -0.15) is 5.10 Å². The van der Waals surface area contributed by atoms with Crippen molar-refractivity contribution in [1.29, 1.82) is 0 Å². The van der Waals surface area contributed by atoms with Crippen molar-refractivity contribution in [3.63, 3.8) is 0 Å². The lowest BCUT2D eigenvalue weighted by Crippen LogP contribution is -2.35. The lowest BCUT2D eigenvalue weighted by atomic mass is 9.98. The van der Waals surface area contributed by atoms with E-state index in [0.29, 0.717) is 11.0 Å². The number of thiazole rings is 1. The van der Waals surface area contributed by atoms with Crippen LogP contribution in [0.1, 0.15) is 29.5 Å². The van der Waals surface area contributed by atoms with Gasteiger partial charge < -0.3 is 5.32 Å². The van der Waals surface area contributed by atoms with E-state index in [1.807, 2.05) is 30.3 Å². The molecule has 0 aliphatic heterocycles. The summed E-state index contributed by atoms with van der Waals surface area (Å²) in [5.74, 6) is -0.213. The lowest BCUT2D eigenvalue weighted by molar-refractivity contribution is -0.122. The van der Waals surface area contributed by atoms with Gasteiger partial charge in [-0.25, -0.2) is 9.97 Å². The van der Waals surface area contributed by atoms with Crippen LogP contribution in [0.15, 0.2) is 47.7 Å². The van der Waals surface area contributed by atoms with Gasteiger partial charge in [0, 0.05) is 12.6 Å². The van der Waals surface area contributed by atoms with Crippen LogP contribution in [0, 0.1) is 0 Å². The summed E-state index contributed by atoms with van der Waals surface area (Å²) in [6.45, 7) is -0.0765. The summed E-state index contributed by atoms with van der Waals surface area (Å²) in [4.78, 5) is 35.5. The third-order valence-electron chi connectivity index (χ3n) is 5.34. The third-order valence-corrected chi connectivity index (χ3v) is 6.60. The van der Waals surface area contributed by atoms with E-state index in [2.05, 4.69) is 15.4 Å². The fourth-order valence-corrected chi connectivity index (χ4v) is 5.04. The molecule has 3 heterocycles. The fraction of sp³-hybridized carbons (Fsp3) is 0.286. The number of nitrogens with zero attached hydrogens (tertiary/aromatic N) is 5. The molecule has 1 atom stereocenters. The normalized spacial score (nSPS) is 15.8. The first-order chi connectivity index (χ1) is 14.6. The van der Waals surface area contributed by atoms with Gasteiger partial charge >= 0.3 is 0 Å². The van der Waals surface area contributed by atoms with Gasteiger partial charge in [-0.1, -0.05) is 30.3 Å². The molecule has 0 bridgehead atoms. The van der Waals surface area contributed by atoms with Gasteiger partial charge in [0.2, 0.25) is 5.91 Å². The second kappa shape index (κ2) is 7.49. The van der Waals surface area contributed by atoms with Crippen LogP contribution in [0.3, 0.4) is 0 Å². The minimum atomic E-state index is -0.267. The molecule has 1 aromatic carbocycles. The molecule has 8 nitrogen and oxygen atoms in total. The largest absolute Gasteiger partial charge is 0.347 e. The molecule has 30 heavy (non-hydrogen) atoms. The van der Waals surface area contributed by atoms with E-state index in [1.165, 1.54) is 17.1 Å². The molecule has 0 fully saturated rings. The zero-order valence-corrected chi connectivity index (χ0v) is 17.2. The monoisotopic (exact) mass is 420 g/mol. The summed E-state index contributed by atoms with van der Waals surface area (Å²) in [7, 11) is 1.73. The van der Waals surface area contributed by atoms with E-state index in [1.54, 1.807) is 23.1 Å². The van der Waals surface area contributed by atoms with Crippen molar-refractivity contribution < 1.29 is 4.79 Å². The van der Waals surface area contributed by atoms with Crippen molar-refractivity contribution in [3.8, 4) is 10.6 Å². The topological polar surface area (TPSA) is 94.7 Å². The van der Waals surface area contributed by atoms with E-state index < -0.39 is 0 Å². The molecule has 1 N–H and O–H groups in total. The number of hydrogen-bond donors (Lipinski definition) is 1. The maximum absolute atomic E-state index is 12.7. The van der Waals surface area contributed by atoms with E-state index in [4.69, 9.17) is 4.98 Å². The Morgan fingerprint density at radius 3 is 2.97 bits per heavy atom. The summed E-state index contributed by atoms with van der Waals surface area (Å²) in [5.41, 5.74) is 2.39. The second-order valence-corrected chi connectivity index (χ2v) is 8.42. The predicted molar refractivity (Wildman–Crippen MR) is 114 cm³/mol. The summed E-state index contributed by atoms with van der Waals surface area (Å²) in [5, 5.41) is 8.53. The SMILES string of the molecule is Cn1ncc2c(=O)n(CC(=O)N[C@@H]3CCCc4nc(-c5ccccc5)sc43)cnc21. The Labute approximate surface area is 176 Å². The van der Waals surface area contributed by atoms with Crippen LogP contribution in [0.2, 0.25) is 0 Å². The maximum Gasteiger partial charge on any atom is 0.264 e. The van der Waals surface area contributed by atoms with Crippen molar-refractivity contribution in [2.75, 3.05) is 0 Å². The first-order valence-electron chi connectivity index (χ1n) is 9.81. The van der Waals surface area contributed by atoms with Crippen LogP contribution in [-0.4, -0.2) is 30.2 Å². The minimum Gasteiger partial charge on any atom is -0.347 e. The van der Waals surface area contributed by atoms with E-state index in [-0.39, 0.29) is 24.1 Å². The van der Waals surface area contributed by atoms with Gasteiger partial charge in [0.05, 0.1) is 22.8 Å². The molecule has 5 rings (SSSR count). The average molecular weight is 420 g/mol. The lowest BCUT2D eigenvalue weighted by Gasteiger charge is -2.22. The summed E-state index contributed by atoms with van der Waals surface area (Å²) >= 11 is 1.63. The molecule has 3 aromatic heterocycles. The molecule has 1 amide bonds. The Hall–Kier alpha value is -3.33. The highest BCUT2D eigenvalue weighted by molar-refractivity contribution is 7.15. The number of aromatic nitrogens is 5. The van der Waals surface area contributed by atoms with Crippen LogP contribution in [0.25, 0.3) is 21.6 Å². The maximum atomic E-state index is 12.7. The molecule has 152 valence electrons. The number of benzene rings is 1. The number of amides is 1. The Kier molecular flexibility index (Phi) is 4.66. The standard InChI is InChI=1S/C21H20N6O2S/c1-26-19-14(10-23-26)21(29)27(12-22-19)11-17(28)24-15-8-5-9-16-18(15)30-20(25-16)13-6-3-2-4-7-13/h2-4,6-7,10,12,15H,5,8-9,11H2,1H3,(H,24,28)/t15-/m1/s1. The van der Waals surface area contributed by atoms with Gasteiger partial charge in [0.25, 0.3) is 5.56 Å². The number of fused-ring (bicyclic) bond motifs is 2. The highest BCUT2D eigenvalue weighted by Gasteiger charge is 2.26. The fourth-order valence-electron chi connectivity index (χ4n) is 3.84. The zero-order chi connectivity index (χ0) is 20.7.